The van der Waals surface area contributed by atoms with Crippen molar-refractivity contribution in [2.45, 2.75) is 33.4 Å². The van der Waals surface area contributed by atoms with E-state index in [9.17, 15) is 4.79 Å². The highest BCUT2D eigenvalue weighted by Gasteiger charge is 2.16. The molecule has 0 radical (unpaired) electrons. The summed E-state index contributed by atoms with van der Waals surface area (Å²) >= 11 is 0. The van der Waals surface area contributed by atoms with Gasteiger partial charge in [-0.1, -0.05) is 23.4 Å². The largest absolute Gasteiger partial charge is 0.497 e. The molecule has 0 fully saturated rings. The lowest BCUT2D eigenvalue weighted by atomic mass is 10.1. The van der Waals surface area contributed by atoms with Crippen molar-refractivity contribution in [3.63, 3.8) is 0 Å². The van der Waals surface area contributed by atoms with Crippen molar-refractivity contribution >= 4 is 5.91 Å². The molecule has 0 aliphatic heterocycles. The number of hydrogen-bond acceptors (Lipinski definition) is 6. The van der Waals surface area contributed by atoms with Gasteiger partial charge in [0.1, 0.15) is 11.5 Å². The second-order valence-corrected chi connectivity index (χ2v) is 6.54. The van der Waals surface area contributed by atoms with Gasteiger partial charge in [-0.05, 0) is 56.2 Å². The van der Waals surface area contributed by atoms with E-state index in [1.807, 2.05) is 56.3 Å². The highest BCUT2D eigenvalue weighted by Crippen LogP contribution is 2.21. The highest BCUT2D eigenvalue weighted by atomic mass is 16.5. The molecule has 3 rings (SSSR count). The lowest BCUT2D eigenvalue weighted by Crippen LogP contribution is -2.36. The predicted octanol–water partition coefficient (Wildman–Crippen LogP) is 3.45. The van der Waals surface area contributed by atoms with Crippen LogP contribution in [0.1, 0.15) is 23.9 Å². The van der Waals surface area contributed by atoms with Gasteiger partial charge in [0.05, 0.1) is 13.7 Å². The van der Waals surface area contributed by atoms with Crippen molar-refractivity contribution in [1.82, 2.24) is 15.5 Å². The number of nitrogens with zero attached hydrogens (tertiary/aromatic N) is 2. The zero-order valence-corrected chi connectivity index (χ0v) is 16.4. The first kappa shape index (κ1) is 19.4. The lowest BCUT2D eigenvalue weighted by molar-refractivity contribution is -0.127. The molecule has 146 valence electrons. The molecule has 1 amide bonds. The van der Waals surface area contributed by atoms with E-state index >= 15 is 0 Å². The van der Waals surface area contributed by atoms with Crippen LogP contribution in [-0.4, -0.2) is 29.3 Å². The molecule has 28 heavy (non-hydrogen) atoms. The zero-order valence-electron chi connectivity index (χ0n) is 16.4. The minimum Gasteiger partial charge on any atom is -0.497 e. The van der Waals surface area contributed by atoms with Crippen LogP contribution in [0.3, 0.4) is 0 Å². The van der Waals surface area contributed by atoms with Gasteiger partial charge < -0.3 is 19.3 Å². The molecule has 0 saturated heterocycles. The van der Waals surface area contributed by atoms with Gasteiger partial charge in [-0.3, -0.25) is 4.79 Å². The number of rotatable bonds is 7. The summed E-state index contributed by atoms with van der Waals surface area (Å²) in [5.74, 6) is 1.85. The number of methoxy groups -OCH3 is 1. The third kappa shape index (κ3) is 4.88. The molecule has 1 N–H and O–H groups in total. The van der Waals surface area contributed by atoms with Crippen LogP contribution >= 0.6 is 0 Å². The fourth-order valence-electron chi connectivity index (χ4n) is 2.77. The van der Waals surface area contributed by atoms with Crippen LogP contribution in [0.2, 0.25) is 0 Å². The maximum atomic E-state index is 12.3. The van der Waals surface area contributed by atoms with E-state index in [0.717, 1.165) is 16.7 Å². The number of aromatic nitrogens is 2. The van der Waals surface area contributed by atoms with Gasteiger partial charge in [0.2, 0.25) is 11.7 Å². The average molecular weight is 381 g/mol. The Bertz CT molecular complexity index is 948. The minimum absolute atomic E-state index is 0.121. The van der Waals surface area contributed by atoms with E-state index in [1.165, 1.54) is 0 Å². The Morgan fingerprint density at radius 1 is 1.14 bits per heavy atom. The van der Waals surface area contributed by atoms with Crippen LogP contribution in [0.5, 0.6) is 11.5 Å². The lowest BCUT2D eigenvalue weighted by Gasteiger charge is -2.15. The molecule has 1 atom stereocenters. The van der Waals surface area contributed by atoms with Crippen molar-refractivity contribution in [1.29, 1.82) is 0 Å². The monoisotopic (exact) mass is 381 g/mol. The SMILES string of the molecule is COc1cccc(-c2noc(CNC(=O)[C@H](C)Oc3cc(C)cc(C)c3)n2)c1. The highest BCUT2D eigenvalue weighted by molar-refractivity contribution is 5.80. The van der Waals surface area contributed by atoms with E-state index < -0.39 is 6.10 Å². The summed E-state index contributed by atoms with van der Waals surface area (Å²) in [6.07, 6.45) is -0.651. The smallest absolute Gasteiger partial charge is 0.261 e. The van der Waals surface area contributed by atoms with E-state index in [2.05, 4.69) is 15.5 Å². The maximum absolute atomic E-state index is 12.3. The van der Waals surface area contributed by atoms with Crippen LogP contribution in [0.25, 0.3) is 11.4 Å². The van der Waals surface area contributed by atoms with Crippen LogP contribution in [0.4, 0.5) is 0 Å². The van der Waals surface area contributed by atoms with Crippen LogP contribution in [-0.2, 0) is 11.3 Å². The minimum atomic E-state index is -0.651. The summed E-state index contributed by atoms with van der Waals surface area (Å²) in [6, 6.07) is 13.2. The van der Waals surface area contributed by atoms with Crippen molar-refractivity contribution in [3.05, 3.63) is 59.5 Å². The number of ether oxygens (including phenoxy) is 2. The molecule has 2 aromatic carbocycles. The summed E-state index contributed by atoms with van der Waals surface area (Å²) in [5.41, 5.74) is 2.93. The van der Waals surface area contributed by atoms with Crippen molar-refractivity contribution in [3.8, 4) is 22.9 Å². The number of nitrogens with one attached hydrogen (secondary N) is 1. The number of carbonyl (C=O) groups is 1. The molecule has 0 bridgehead atoms. The van der Waals surface area contributed by atoms with Gasteiger partial charge in [-0.15, -0.1) is 0 Å². The summed E-state index contributed by atoms with van der Waals surface area (Å²) in [6.45, 7) is 5.79. The van der Waals surface area contributed by atoms with Crippen molar-refractivity contribution < 1.29 is 18.8 Å². The molecule has 0 aliphatic carbocycles. The summed E-state index contributed by atoms with van der Waals surface area (Å²) in [4.78, 5) is 16.6. The van der Waals surface area contributed by atoms with Gasteiger partial charge in [0.15, 0.2) is 6.10 Å². The van der Waals surface area contributed by atoms with Crippen LogP contribution < -0.4 is 14.8 Å². The normalized spacial score (nSPS) is 11.7. The summed E-state index contributed by atoms with van der Waals surface area (Å²) in [7, 11) is 1.59. The second kappa shape index (κ2) is 8.56. The Morgan fingerprint density at radius 2 is 1.89 bits per heavy atom. The summed E-state index contributed by atoms with van der Waals surface area (Å²) in [5, 5.41) is 6.70. The fraction of sp³-hybridized carbons (Fsp3) is 0.286. The van der Waals surface area contributed by atoms with Gasteiger partial charge >= 0.3 is 0 Å². The Kier molecular flexibility index (Phi) is 5.93. The van der Waals surface area contributed by atoms with E-state index in [4.69, 9.17) is 14.0 Å². The third-order valence-electron chi connectivity index (χ3n) is 4.09. The molecule has 0 unspecified atom stereocenters. The Hall–Kier alpha value is -3.35. The number of amides is 1. The summed E-state index contributed by atoms with van der Waals surface area (Å²) < 4.78 is 16.1. The van der Waals surface area contributed by atoms with Gasteiger partial charge in [-0.2, -0.15) is 4.98 Å². The Labute approximate surface area is 163 Å². The van der Waals surface area contributed by atoms with Gasteiger partial charge in [-0.25, -0.2) is 0 Å². The van der Waals surface area contributed by atoms with E-state index in [0.29, 0.717) is 23.2 Å². The molecule has 1 heterocycles. The molecule has 7 heteroatoms. The van der Waals surface area contributed by atoms with Crippen molar-refractivity contribution in [2.24, 2.45) is 0 Å². The second-order valence-electron chi connectivity index (χ2n) is 6.54. The molecule has 0 aliphatic rings. The number of aryl methyl sites for hydroxylation is 2. The zero-order chi connectivity index (χ0) is 20.1. The van der Waals surface area contributed by atoms with Crippen molar-refractivity contribution in [2.75, 3.05) is 7.11 Å². The molecule has 3 aromatic rings. The maximum Gasteiger partial charge on any atom is 0.261 e. The standard InChI is InChI=1S/C21H23N3O4/c1-13-8-14(2)10-18(9-13)27-15(3)21(25)22-12-19-23-20(24-28-19)16-6-5-7-17(11-16)26-4/h5-11,15H,12H2,1-4H3,(H,22,25)/t15-/m0/s1. The first-order valence-electron chi connectivity index (χ1n) is 8.94. The van der Waals surface area contributed by atoms with Gasteiger partial charge in [0.25, 0.3) is 5.91 Å². The first-order valence-corrected chi connectivity index (χ1v) is 8.94. The van der Waals surface area contributed by atoms with E-state index in [1.54, 1.807) is 14.0 Å². The molecular weight excluding hydrogens is 358 g/mol. The van der Waals surface area contributed by atoms with E-state index in [-0.39, 0.29) is 12.5 Å². The molecule has 1 aromatic heterocycles. The van der Waals surface area contributed by atoms with Crippen LogP contribution in [0, 0.1) is 13.8 Å². The Morgan fingerprint density at radius 3 is 2.61 bits per heavy atom. The number of hydrogen-bond donors (Lipinski definition) is 1. The first-order chi connectivity index (χ1) is 13.4. The average Bonchev–Trinajstić information content (AvgIpc) is 3.14. The van der Waals surface area contributed by atoms with Crippen LogP contribution in [0.15, 0.2) is 47.0 Å². The molecular formula is C21H23N3O4. The molecule has 0 saturated carbocycles. The topological polar surface area (TPSA) is 86.5 Å². The Balaban J connectivity index is 1.57. The quantitative estimate of drug-likeness (QED) is 0.675. The molecule has 0 spiro atoms. The predicted molar refractivity (Wildman–Crippen MR) is 104 cm³/mol. The number of carbonyl (C=O) groups excluding carboxylic acids is 1. The third-order valence-corrected chi connectivity index (χ3v) is 4.09. The molecule has 7 nitrogen and oxygen atoms in total. The van der Waals surface area contributed by atoms with Gasteiger partial charge in [0, 0.05) is 5.56 Å². The fourth-order valence-corrected chi connectivity index (χ4v) is 2.77. The number of benzene rings is 2.